The highest BCUT2D eigenvalue weighted by atomic mass is 16.3. The van der Waals surface area contributed by atoms with Gasteiger partial charge in [0.15, 0.2) is 0 Å². The number of benzene rings is 1. The van der Waals surface area contributed by atoms with Gasteiger partial charge in [-0.15, -0.1) is 0 Å². The molecule has 1 amide bonds. The summed E-state index contributed by atoms with van der Waals surface area (Å²) in [5.74, 6) is 0.193. The van der Waals surface area contributed by atoms with Crippen molar-refractivity contribution in [3.63, 3.8) is 0 Å². The molecule has 0 spiro atoms. The third-order valence-corrected chi connectivity index (χ3v) is 5.86. The van der Waals surface area contributed by atoms with Crippen LogP contribution in [-0.4, -0.2) is 58.0 Å². The summed E-state index contributed by atoms with van der Waals surface area (Å²) >= 11 is 0. The first-order valence-corrected chi connectivity index (χ1v) is 10.00. The topological polar surface area (TPSA) is 56.7 Å². The molecule has 2 aromatic rings. The van der Waals surface area contributed by atoms with Crippen LogP contribution in [0, 0.1) is 0 Å². The van der Waals surface area contributed by atoms with Crippen LogP contribution in [0.25, 0.3) is 11.3 Å². The lowest BCUT2D eigenvalue weighted by atomic mass is 9.94. The van der Waals surface area contributed by atoms with E-state index >= 15 is 0 Å². The molecule has 2 aliphatic rings. The summed E-state index contributed by atoms with van der Waals surface area (Å²) in [6.45, 7) is 3.51. The molecule has 1 aliphatic carbocycles. The second-order valence-corrected chi connectivity index (χ2v) is 7.57. The molecule has 2 heterocycles. The van der Waals surface area contributed by atoms with Crippen molar-refractivity contribution in [3.05, 3.63) is 48.2 Å². The summed E-state index contributed by atoms with van der Waals surface area (Å²) in [5, 5.41) is 10.0. The van der Waals surface area contributed by atoms with Crippen molar-refractivity contribution in [3.8, 4) is 17.0 Å². The fourth-order valence-corrected chi connectivity index (χ4v) is 4.34. The minimum absolute atomic E-state index is 0.0653. The molecule has 27 heavy (non-hydrogen) atoms. The van der Waals surface area contributed by atoms with E-state index in [-0.39, 0.29) is 11.7 Å². The van der Waals surface area contributed by atoms with Crippen LogP contribution < -0.4 is 0 Å². The number of rotatable bonds is 3. The van der Waals surface area contributed by atoms with Gasteiger partial charge in [-0.1, -0.05) is 31.4 Å². The zero-order valence-electron chi connectivity index (χ0n) is 15.7. The summed E-state index contributed by atoms with van der Waals surface area (Å²) in [5.41, 5.74) is 1.93. The Labute approximate surface area is 160 Å². The SMILES string of the molecule is O=C(c1cccc(-c2ncccc2O)c1)N1CCN(C2CCCCC2)CC1. The number of pyridine rings is 1. The Morgan fingerprint density at radius 2 is 1.78 bits per heavy atom. The van der Waals surface area contributed by atoms with E-state index in [0.717, 1.165) is 31.7 Å². The van der Waals surface area contributed by atoms with Crippen molar-refractivity contribution in [2.24, 2.45) is 0 Å². The fourth-order valence-electron chi connectivity index (χ4n) is 4.34. The van der Waals surface area contributed by atoms with E-state index in [9.17, 15) is 9.90 Å². The van der Waals surface area contributed by atoms with Gasteiger partial charge in [-0.25, -0.2) is 0 Å². The second-order valence-electron chi connectivity index (χ2n) is 7.57. The van der Waals surface area contributed by atoms with E-state index in [2.05, 4.69) is 9.88 Å². The number of carbonyl (C=O) groups is 1. The first kappa shape index (κ1) is 18.0. The Balaban J connectivity index is 1.43. The lowest BCUT2D eigenvalue weighted by molar-refractivity contribution is 0.0523. The van der Waals surface area contributed by atoms with E-state index in [1.165, 1.54) is 32.1 Å². The van der Waals surface area contributed by atoms with Crippen LogP contribution in [0.5, 0.6) is 5.75 Å². The average molecular weight is 365 g/mol. The molecule has 142 valence electrons. The van der Waals surface area contributed by atoms with Gasteiger partial charge in [-0.05, 0) is 37.1 Å². The molecule has 1 aromatic heterocycles. The average Bonchev–Trinajstić information content (AvgIpc) is 2.74. The minimum atomic E-state index is 0.0653. The maximum absolute atomic E-state index is 13.0. The number of aromatic hydroxyl groups is 1. The molecular formula is C22H27N3O2. The monoisotopic (exact) mass is 365 g/mol. The van der Waals surface area contributed by atoms with E-state index in [0.29, 0.717) is 17.3 Å². The number of aromatic nitrogens is 1. The Morgan fingerprint density at radius 1 is 1.00 bits per heavy atom. The largest absolute Gasteiger partial charge is 0.506 e. The predicted octanol–water partition coefficient (Wildman–Crippen LogP) is 3.54. The molecule has 0 radical (unpaired) electrons. The Morgan fingerprint density at radius 3 is 2.52 bits per heavy atom. The number of hydrogen-bond donors (Lipinski definition) is 1. The van der Waals surface area contributed by atoms with Crippen LogP contribution in [0.2, 0.25) is 0 Å². The lowest BCUT2D eigenvalue weighted by Crippen LogP contribution is -2.52. The van der Waals surface area contributed by atoms with Gasteiger partial charge in [0.25, 0.3) is 5.91 Å². The number of carbonyl (C=O) groups excluding carboxylic acids is 1. The smallest absolute Gasteiger partial charge is 0.253 e. The highest BCUT2D eigenvalue weighted by molar-refractivity contribution is 5.95. The van der Waals surface area contributed by atoms with Gasteiger partial charge in [0, 0.05) is 49.5 Å². The molecule has 0 atom stereocenters. The third-order valence-electron chi connectivity index (χ3n) is 5.86. The predicted molar refractivity (Wildman–Crippen MR) is 106 cm³/mol. The summed E-state index contributed by atoms with van der Waals surface area (Å²) in [4.78, 5) is 21.7. The van der Waals surface area contributed by atoms with E-state index < -0.39 is 0 Å². The van der Waals surface area contributed by atoms with Crippen molar-refractivity contribution < 1.29 is 9.90 Å². The van der Waals surface area contributed by atoms with Gasteiger partial charge in [-0.3, -0.25) is 14.7 Å². The zero-order chi connectivity index (χ0) is 18.6. The molecule has 1 saturated carbocycles. The third kappa shape index (κ3) is 3.98. The first-order valence-electron chi connectivity index (χ1n) is 10.00. The van der Waals surface area contributed by atoms with Gasteiger partial charge >= 0.3 is 0 Å². The normalized spacial score (nSPS) is 19.2. The molecule has 1 saturated heterocycles. The van der Waals surface area contributed by atoms with Crippen molar-refractivity contribution in [2.45, 2.75) is 38.1 Å². The molecular weight excluding hydrogens is 338 g/mol. The van der Waals surface area contributed by atoms with E-state index in [4.69, 9.17) is 0 Å². The highest BCUT2D eigenvalue weighted by Gasteiger charge is 2.27. The van der Waals surface area contributed by atoms with Gasteiger partial charge in [0.2, 0.25) is 0 Å². The van der Waals surface area contributed by atoms with Crippen molar-refractivity contribution >= 4 is 5.91 Å². The molecule has 1 aliphatic heterocycles. The van der Waals surface area contributed by atoms with Gasteiger partial charge < -0.3 is 10.0 Å². The minimum Gasteiger partial charge on any atom is -0.506 e. The summed E-state index contributed by atoms with van der Waals surface area (Å²) in [7, 11) is 0. The second kappa shape index (κ2) is 8.09. The van der Waals surface area contributed by atoms with E-state index in [1.807, 2.05) is 29.2 Å². The molecule has 5 nitrogen and oxygen atoms in total. The lowest BCUT2D eigenvalue weighted by Gasteiger charge is -2.40. The van der Waals surface area contributed by atoms with Crippen LogP contribution in [0.3, 0.4) is 0 Å². The van der Waals surface area contributed by atoms with Crippen LogP contribution in [0.1, 0.15) is 42.5 Å². The molecule has 1 N–H and O–H groups in total. The van der Waals surface area contributed by atoms with E-state index in [1.54, 1.807) is 18.3 Å². The molecule has 0 unspecified atom stereocenters. The van der Waals surface area contributed by atoms with Gasteiger partial charge in [0.05, 0.1) is 0 Å². The summed E-state index contributed by atoms with van der Waals surface area (Å²) in [6, 6.07) is 11.4. The number of piperazine rings is 1. The highest BCUT2D eigenvalue weighted by Crippen LogP contribution is 2.27. The first-order chi connectivity index (χ1) is 13.2. The zero-order valence-corrected chi connectivity index (χ0v) is 15.7. The van der Waals surface area contributed by atoms with Crippen molar-refractivity contribution in [1.82, 2.24) is 14.8 Å². The summed E-state index contributed by atoms with van der Waals surface area (Å²) < 4.78 is 0. The quantitative estimate of drug-likeness (QED) is 0.904. The summed E-state index contributed by atoms with van der Waals surface area (Å²) in [6.07, 6.45) is 8.33. The van der Waals surface area contributed by atoms with Crippen LogP contribution in [-0.2, 0) is 0 Å². The maximum atomic E-state index is 13.0. The Kier molecular flexibility index (Phi) is 5.39. The number of amides is 1. The number of nitrogens with zero attached hydrogens (tertiary/aromatic N) is 3. The van der Waals surface area contributed by atoms with Crippen LogP contribution in [0.15, 0.2) is 42.6 Å². The standard InChI is InChI=1S/C22H27N3O2/c26-20-10-5-11-23-21(20)17-6-4-7-18(16-17)22(27)25-14-12-24(13-15-25)19-8-2-1-3-9-19/h4-7,10-11,16,19,26H,1-3,8-9,12-15H2. The molecule has 0 bridgehead atoms. The Hall–Kier alpha value is -2.40. The van der Waals surface area contributed by atoms with Crippen molar-refractivity contribution in [2.75, 3.05) is 26.2 Å². The number of hydrogen-bond acceptors (Lipinski definition) is 4. The van der Waals surface area contributed by atoms with Gasteiger partial charge in [-0.2, -0.15) is 0 Å². The maximum Gasteiger partial charge on any atom is 0.253 e. The molecule has 2 fully saturated rings. The Bertz CT molecular complexity index is 794. The van der Waals surface area contributed by atoms with Crippen LogP contribution in [0.4, 0.5) is 0 Å². The molecule has 4 rings (SSSR count). The molecule has 5 heteroatoms. The molecule has 1 aromatic carbocycles. The van der Waals surface area contributed by atoms with Crippen molar-refractivity contribution in [1.29, 1.82) is 0 Å². The van der Waals surface area contributed by atoms with Crippen LogP contribution >= 0.6 is 0 Å². The van der Waals surface area contributed by atoms with Gasteiger partial charge in [0.1, 0.15) is 11.4 Å². The fraction of sp³-hybridized carbons (Fsp3) is 0.455.